The van der Waals surface area contributed by atoms with E-state index < -0.39 is 27.6 Å². The monoisotopic (exact) mass is 432 g/mol. The molecule has 0 bridgehead atoms. The van der Waals surface area contributed by atoms with E-state index in [0.717, 1.165) is 27.2 Å². The largest absolute Gasteiger partial charge is 0.507 e. The zero-order valence-corrected chi connectivity index (χ0v) is 16.6. The fraction of sp³-hybridized carbons (Fsp3) is 0.190. The van der Waals surface area contributed by atoms with E-state index in [2.05, 4.69) is 0 Å². The molecular weight excluding hydrogens is 414 g/mol. The lowest BCUT2D eigenvalue weighted by atomic mass is 10.0. The zero-order chi connectivity index (χ0) is 21.5. The molecule has 156 valence electrons. The maximum atomic E-state index is 13.4. The van der Waals surface area contributed by atoms with Crippen molar-refractivity contribution < 1.29 is 27.1 Å². The molecule has 1 N–H and O–H groups in total. The molecule has 1 fully saturated rings. The number of carbonyl (C=O) groups excluding carboxylic acids is 1. The predicted molar refractivity (Wildman–Crippen MR) is 107 cm³/mol. The third-order valence-corrected chi connectivity index (χ3v) is 7.04. The Balaban J connectivity index is 1.51. The van der Waals surface area contributed by atoms with Crippen LogP contribution >= 0.6 is 0 Å². The maximum Gasteiger partial charge on any atom is 0.257 e. The van der Waals surface area contributed by atoms with Crippen LogP contribution < -0.4 is 0 Å². The Bertz CT molecular complexity index is 1240. The second-order valence-corrected chi connectivity index (χ2v) is 8.93. The molecule has 3 aromatic rings. The van der Waals surface area contributed by atoms with Crippen LogP contribution in [0.2, 0.25) is 0 Å². The van der Waals surface area contributed by atoms with Crippen LogP contribution in [0, 0.1) is 11.6 Å². The van der Waals surface area contributed by atoms with Crippen molar-refractivity contribution in [2.45, 2.75) is 4.90 Å². The lowest BCUT2D eigenvalue weighted by Crippen LogP contribution is -2.50. The molecular formula is C21H18F2N2O4S. The van der Waals surface area contributed by atoms with Crippen LogP contribution in [-0.4, -0.2) is 54.8 Å². The van der Waals surface area contributed by atoms with Gasteiger partial charge < -0.3 is 10.0 Å². The number of rotatable bonds is 3. The summed E-state index contributed by atoms with van der Waals surface area (Å²) < 4.78 is 53.1. The molecule has 0 aromatic heterocycles. The molecule has 1 aliphatic rings. The van der Waals surface area contributed by atoms with Crippen molar-refractivity contribution in [3.8, 4) is 5.75 Å². The summed E-state index contributed by atoms with van der Waals surface area (Å²) in [6.07, 6.45) is 0. The molecule has 0 aliphatic carbocycles. The Hall–Kier alpha value is -3.04. The van der Waals surface area contributed by atoms with Gasteiger partial charge in [-0.1, -0.05) is 24.3 Å². The van der Waals surface area contributed by atoms with E-state index in [-0.39, 0.29) is 42.4 Å². The number of sulfonamides is 1. The number of piperazine rings is 1. The van der Waals surface area contributed by atoms with Crippen molar-refractivity contribution >= 4 is 26.7 Å². The number of amides is 1. The van der Waals surface area contributed by atoms with Crippen LogP contribution in [0.3, 0.4) is 0 Å². The first-order valence-corrected chi connectivity index (χ1v) is 10.7. The van der Waals surface area contributed by atoms with E-state index in [9.17, 15) is 27.1 Å². The number of aromatic hydroxyl groups is 1. The van der Waals surface area contributed by atoms with Gasteiger partial charge in [-0.3, -0.25) is 4.79 Å². The third kappa shape index (κ3) is 3.61. The maximum absolute atomic E-state index is 13.4. The van der Waals surface area contributed by atoms with Crippen molar-refractivity contribution in [2.24, 2.45) is 0 Å². The Morgan fingerprint density at radius 1 is 0.867 bits per heavy atom. The number of nitrogens with zero attached hydrogens (tertiary/aromatic N) is 2. The summed E-state index contributed by atoms with van der Waals surface area (Å²) >= 11 is 0. The quantitative estimate of drug-likeness (QED) is 0.690. The van der Waals surface area contributed by atoms with Gasteiger partial charge in [0.2, 0.25) is 10.0 Å². The predicted octanol–water partition coefficient (Wildman–Crippen LogP) is 2.97. The van der Waals surface area contributed by atoms with Crippen LogP contribution in [0.25, 0.3) is 10.8 Å². The van der Waals surface area contributed by atoms with Gasteiger partial charge in [-0.2, -0.15) is 4.31 Å². The molecule has 3 aromatic carbocycles. The normalized spacial score (nSPS) is 15.5. The van der Waals surface area contributed by atoms with Gasteiger partial charge in [-0.25, -0.2) is 17.2 Å². The highest BCUT2D eigenvalue weighted by Gasteiger charge is 2.31. The van der Waals surface area contributed by atoms with E-state index >= 15 is 0 Å². The average Bonchev–Trinajstić information content (AvgIpc) is 2.74. The van der Waals surface area contributed by atoms with Gasteiger partial charge in [-0.15, -0.1) is 0 Å². The standard InChI is InChI=1S/C21H18F2N2O4S/c22-18-6-5-16(13-19(18)23)30(28,29)25-9-7-24(8-10-25)21(27)17-11-14-3-1-2-4-15(14)12-20(17)26/h1-6,11-13,26H,7-10H2. The van der Waals surface area contributed by atoms with E-state index in [1.54, 1.807) is 6.07 Å². The lowest BCUT2D eigenvalue weighted by Gasteiger charge is -2.34. The molecule has 1 heterocycles. The Morgan fingerprint density at radius 3 is 2.13 bits per heavy atom. The van der Waals surface area contributed by atoms with Gasteiger partial charge in [0.05, 0.1) is 10.5 Å². The Kier molecular flexibility index (Phi) is 5.17. The fourth-order valence-corrected chi connectivity index (χ4v) is 4.92. The molecule has 0 radical (unpaired) electrons. The van der Waals surface area contributed by atoms with Gasteiger partial charge in [-0.05, 0) is 41.1 Å². The minimum atomic E-state index is -4.01. The van der Waals surface area contributed by atoms with E-state index in [1.807, 2.05) is 24.3 Å². The van der Waals surface area contributed by atoms with E-state index in [0.29, 0.717) is 6.07 Å². The van der Waals surface area contributed by atoms with Gasteiger partial charge in [0.1, 0.15) is 5.75 Å². The van der Waals surface area contributed by atoms with Crippen LogP contribution in [-0.2, 0) is 10.0 Å². The Morgan fingerprint density at radius 2 is 1.50 bits per heavy atom. The molecule has 4 rings (SSSR count). The number of phenols is 1. The average molecular weight is 432 g/mol. The number of halogens is 2. The number of benzene rings is 3. The first kappa shape index (κ1) is 20.2. The minimum Gasteiger partial charge on any atom is -0.507 e. The second kappa shape index (κ2) is 7.66. The smallest absolute Gasteiger partial charge is 0.257 e. The topological polar surface area (TPSA) is 77.9 Å². The molecule has 1 amide bonds. The second-order valence-electron chi connectivity index (χ2n) is 6.99. The molecule has 0 unspecified atom stereocenters. The lowest BCUT2D eigenvalue weighted by molar-refractivity contribution is 0.0695. The Labute approximate surface area is 172 Å². The SMILES string of the molecule is O=C(c1cc2ccccc2cc1O)N1CCN(S(=O)(=O)c2ccc(F)c(F)c2)CC1. The van der Waals surface area contributed by atoms with E-state index in [1.165, 1.54) is 11.0 Å². The number of phenolic OH excluding ortho intramolecular Hbond substituents is 1. The number of fused-ring (bicyclic) bond motifs is 1. The highest BCUT2D eigenvalue weighted by atomic mass is 32.2. The van der Waals surface area contributed by atoms with Crippen molar-refractivity contribution in [3.05, 3.63) is 71.8 Å². The molecule has 0 saturated carbocycles. The van der Waals surface area contributed by atoms with Gasteiger partial charge >= 0.3 is 0 Å². The summed E-state index contributed by atoms with van der Waals surface area (Å²) in [5.41, 5.74) is 0.144. The summed E-state index contributed by atoms with van der Waals surface area (Å²) in [5.74, 6) is -2.91. The van der Waals surface area contributed by atoms with Crippen LogP contribution in [0.4, 0.5) is 8.78 Å². The summed E-state index contributed by atoms with van der Waals surface area (Å²) in [6.45, 7) is 0.213. The van der Waals surface area contributed by atoms with E-state index in [4.69, 9.17) is 0 Å². The molecule has 9 heteroatoms. The number of carbonyl (C=O) groups is 1. The molecule has 6 nitrogen and oxygen atoms in total. The first-order valence-electron chi connectivity index (χ1n) is 9.23. The first-order chi connectivity index (χ1) is 14.3. The minimum absolute atomic E-state index is 0.00140. The van der Waals surface area contributed by atoms with Crippen molar-refractivity contribution in [2.75, 3.05) is 26.2 Å². The fourth-order valence-electron chi connectivity index (χ4n) is 3.49. The highest BCUT2D eigenvalue weighted by Crippen LogP contribution is 2.27. The summed E-state index contributed by atoms with van der Waals surface area (Å²) in [5, 5.41) is 11.9. The van der Waals surface area contributed by atoms with Crippen LogP contribution in [0.15, 0.2) is 59.5 Å². The van der Waals surface area contributed by atoms with Gasteiger partial charge in [0, 0.05) is 26.2 Å². The number of hydrogen-bond donors (Lipinski definition) is 1. The van der Waals surface area contributed by atoms with Crippen molar-refractivity contribution in [3.63, 3.8) is 0 Å². The molecule has 1 saturated heterocycles. The summed E-state index contributed by atoms with van der Waals surface area (Å²) in [4.78, 5) is 14.0. The zero-order valence-electron chi connectivity index (χ0n) is 15.8. The van der Waals surface area contributed by atoms with Crippen LogP contribution in [0.1, 0.15) is 10.4 Å². The van der Waals surface area contributed by atoms with Gasteiger partial charge in [0.15, 0.2) is 11.6 Å². The molecule has 1 aliphatic heterocycles. The van der Waals surface area contributed by atoms with Crippen molar-refractivity contribution in [1.29, 1.82) is 0 Å². The summed E-state index contributed by atoms with van der Waals surface area (Å²) in [7, 11) is -4.01. The highest BCUT2D eigenvalue weighted by molar-refractivity contribution is 7.89. The third-order valence-electron chi connectivity index (χ3n) is 5.15. The number of hydrogen-bond acceptors (Lipinski definition) is 4. The summed E-state index contributed by atoms with van der Waals surface area (Å²) in [6, 6.07) is 12.9. The molecule has 0 spiro atoms. The van der Waals surface area contributed by atoms with Crippen LogP contribution in [0.5, 0.6) is 5.75 Å². The molecule has 30 heavy (non-hydrogen) atoms. The molecule has 0 atom stereocenters. The van der Waals surface area contributed by atoms with Crippen molar-refractivity contribution in [1.82, 2.24) is 9.21 Å². The van der Waals surface area contributed by atoms with Gasteiger partial charge in [0.25, 0.3) is 5.91 Å².